The minimum atomic E-state index is -4.64. The lowest BCUT2D eigenvalue weighted by Gasteiger charge is -2.34. The molecule has 0 aliphatic carbocycles. The van der Waals surface area contributed by atoms with Gasteiger partial charge in [-0.25, -0.2) is 9.59 Å². The number of carbonyl (C=O) groups is 2. The van der Waals surface area contributed by atoms with Crippen molar-refractivity contribution in [2.45, 2.75) is 61.0 Å². The number of anilines is 2. The van der Waals surface area contributed by atoms with E-state index in [-0.39, 0.29) is 47.0 Å². The standard InChI is InChI=1S/C50H52F6N6O4S2/c51-49(52,53)37-17-19-41-39(31-37)45(35-13-5-1-6-14-35)57-33-47(59-41,67-29-27-61-23-9-3-10-24-61)65-43(63)21-22-44(64)66-48(68-30-28-62-25-11-4-12-26-62)34-58-46(36-15-7-2-8-16-36)40-32-38(50(54,55)56)18-20-42(40)60-48/h1-2,5-8,13-22,31-32,59-60H,3-4,9-12,23-30,33-34H2/b22-21+. The number of piperidine rings is 2. The summed E-state index contributed by atoms with van der Waals surface area (Å²) in [5.41, 5.74) is 0.831. The summed E-state index contributed by atoms with van der Waals surface area (Å²) in [4.78, 5) is 42.2. The van der Waals surface area contributed by atoms with Crippen LogP contribution in [0.4, 0.5) is 37.7 Å². The number of nitrogens with one attached hydrogen (secondary N) is 2. The van der Waals surface area contributed by atoms with Crippen molar-refractivity contribution in [3.63, 3.8) is 0 Å². The van der Waals surface area contributed by atoms with Crippen LogP contribution in [0.2, 0.25) is 0 Å². The number of likely N-dealkylation sites (tertiary alicyclic amines) is 2. The Morgan fingerprint density at radius 2 is 0.956 bits per heavy atom. The van der Waals surface area contributed by atoms with E-state index in [9.17, 15) is 35.9 Å². The van der Waals surface area contributed by atoms with Crippen LogP contribution in [0.15, 0.2) is 119 Å². The van der Waals surface area contributed by atoms with Gasteiger partial charge in [-0.1, -0.05) is 97.0 Å². The number of halogens is 6. The van der Waals surface area contributed by atoms with Gasteiger partial charge in [0.1, 0.15) is 13.1 Å². The molecule has 10 nitrogen and oxygen atoms in total. The molecular weight excluding hydrogens is 927 g/mol. The number of ether oxygens (including phenoxy) is 2. The van der Waals surface area contributed by atoms with E-state index in [0.717, 1.165) is 101 Å². The van der Waals surface area contributed by atoms with Crippen molar-refractivity contribution in [1.82, 2.24) is 9.80 Å². The molecule has 2 saturated heterocycles. The highest BCUT2D eigenvalue weighted by molar-refractivity contribution is 8.00. The molecule has 0 aromatic heterocycles. The summed E-state index contributed by atoms with van der Waals surface area (Å²) in [5, 5.41) is 3.24. The lowest BCUT2D eigenvalue weighted by atomic mass is 9.98. The van der Waals surface area contributed by atoms with Crippen LogP contribution in [0.3, 0.4) is 0 Å². The third-order valence-corrected chi connectivity index (χ3v) is 14.4. The van der Waals surface area contributed by atoms with Gasteiger partial charge in [0, 0.05) is 70.4 Å². The number of aliphatic imine (C=N–C) groups is 2. The van der Waals surface area contributed by atoms with Gasteiger partial charge >= 0.3 is 24.3 Å². The fourth-order valence-electron chi connectivity index (χ4n) is 8.67. The van der Waals surface area contributed by atoms with Crippen molar-refractivity contribution in [3.8, 4) is 0 Å². The number of benzene rings is 4. The van der Waals surface area contributed by atoms with Crippen LogP contribution in [-0.2, 0) is 31.4 Å². The third-order valence-electron chi connectivity index (χ3n) is 12.1. The molecule has 2 N–H and O–H groups in total. The zero-order valence-corrected chi connectivity index (χ0v) is 38.8. The predicted octanol–water partition coefficient (Wildman–Crippen LogP) is 10.3. The number of benzodiazepines with no additional fused rings is 2. The molecule has 0 spiro atoms. The number of rotatable bonds is 14. The summed E-state index contributed by atoms with van der Waals surface area (Å²) in [5.74, 6) is -0.972. The molecule has 4 aliphatic heterocycles. The quantitative estimate of drug-likeness (QED) is 0.0549. The summed E-state index contributed by atoms with van der Waals surface area (Å²) in [6.45, 7) is 4.58. The first-order chi connectivity index (χ1) is 32.7. The van der Waals surface area contributed by atoms with Crippen molar-refractivity contribution in [3.05, 3.63) is 143 Å². The minimum absolute atomic E-state index is 0.174. The number of carbonyl (C=O) groups excluding carboxylic acids is 2. The number of hydrogen-bond donors (Lipinski definition) is 2. The summed E-state index contributed by atoms with van der Waals surface area (Å²) in [6, 6.07) is 24.2. The van der Waals surface area contributed by atoms with Gasteiger partial charge in [0.15, 0.2) is 0 Å². The summed E-state index contributed by atoms with van der Waals surface area (Å²) in [6.07, 6.45) is -0.918. The van der Waals surface area contributed by atoms with Gasteiger partial charge in [-0.3, -0.25) is 9.98 Å². The Bertz CT molecular complexity index is 2330. The molecule has 2 atom stereocenters. The lowest BCUT2D eigenvalue weighted by Crippen LogP contribution is -2.44. The Labute approximate surface area is 400 Å². The molecule has 4 aromatic carbocycles. The molecule has 0 amide bonds. The SMILES string of the molecule is O=C(/C=C/C(=O)OC1(SCCN2CCCCC2)CN=C(c2ccccc2)c2cc(C(F)(F)F)ccc2N1)OC1(SCCN2CCCCC2)CN=C(c2ccccc2)c2cc(C(F)(F)F)ccc2N1. The molecule has 68 heavy (non-hydrogen) atoms. The number of alkyl halides is 6. The van der Waals surface area contributed by atoms with E-state index in [1.807, 2.05) is 0 Å². The van der Waals surface area contributed by atoms with Gasteiger partial charge in [-0.2, -0.15) is 26.3 Å². The maximum absolute atomic E-state index is 14.1. The monoisotopic (exact) mass is 978 g/mol. The Hall–Kier alpha value is -5.30. The van der Waals surface area contributed by atoms with E-state index in [4.69, 9.17) is 19.5 Å². The van der Waals surface area contributed by atoms with Gasteiger partial charge in [0.05, 0.1) is 22.6 Å². The minimum Gasteiger partial charge on any atom is -0.424 e. The topological polar surface area (TPSA) is 108 Å². The average Bonchev–Trinajstić information content (AvgIpc) is 3.59. The van der Waals surface area contributed by atoms with E-state index in [2.05, 4.69) is 20.4 Å². The number of fused-ring (bicyclic) bond motifs is 2. The molecule has 4 heterocycles. The van der Waals surface area contributed by atoms with Crippen LogP contribution in [0.1, 0.15) is 71.9 Å². The van der Waals surface area contributed by atoms with E-state index in [1.165, 1.54) is 35.7 Å². The van der Waals surface area contributed by atoms with E-state index >= 15 is 0 Å². The summed E-state index contributed by atoms with van der Waals surface area (Å²) in [7, 11) is 0. The zero-order chi connectivity index (χ0) is 47.8. The van der Waals surface area contributed by atoms with Crippen molar-refractivity contribution >= 4 is 58.3 Å². The molecular formula is C50H52F6N6O4S2. The maximum atomic E-state index is 14.1. The number of nitrogens with zero attached hydrogens (tertiary/aromatic N) is 4. The maximum Gasteiger partial charge on any atom is 0.416 e. The zero-order valence-electron chi connectivity index (χ0n) is 37.2. The van der Waals surface area contributed by atoms with Gasteiger partial charge in [-0.05, 0) is 88.3 Å². The molecule has 0 radical (unpaired) electrons. The van der Waals surface area contributed by atoms with Crippen molar-refractivity contribution in [2.75, 3.05) is 74.5 Å². The molecule has 0 saturated carbocycles. The highest BCUT2D eigenvalue weighted by Crippen LogP contribution is 2.41. The second-order valence-electron chi connectivity index (χ2n) is 17.0. The molecule has 4 aromatic rings. The van der Waals surface area contributed by atoms with Crippen LogP contribution in [0, 0.1) is 0 Å². The predicted molar refractivity (Wildman–Crippen MR) is 256 cm³/mol. The van der Waals surface area contributed by atoms with E-state index in [1.54, 1.807) is 60.7 Å². The van der Waals surface area contributed by atoms with Gasteiger partial charge in [0.25, 0.3) is 10.1 Å². The fraction of sp³-hybridized carbons (Fsp3) is 0.400. The fourth-order valence-corrected chi connectivity index (χ4v) is 11.0. The Kier molecular flexibility index (Phi) is 15.6. The van der Waals surface area contributed by atoms with E-state index in [0.29, 0.717) is 35.7 Å². The van der Waals surface area contributed by atoms with Crippen LogP contribution < -0.4 is 10.6 Å². The molecule has 8 rings (SSSR count). The first-order valence-electron chi connectivity index (χ1n) is 22.7. The number of hydrogen-bond acceptors (Lipinski definition) is 12. The highest BCUT2D eigenvalue weighted by atomic mass is 32.2. The smallest absolute Gasteiger partial charge is 0.416 e. The van der Waals surface area contributed by atoms with Gasteiger partial charge in [-0.15, -0.1) is 0 Å². The Balaban J connectivity index is 1.08. The molecule has 360 valence electrons. The van der Waals surface area contributed by atoms with Crippen LogP contribution in [0.25, 0.3) is 0 Å². The van der Waals surface area contributed by atoms with Crippen LogP contribution >= 0.6 is 23.5 Å². The van der Waals surface area contributed by atoms with Crippen LogP contribution in [-0.4, -0.2) is 107 Å². The highest BCUT2D eigenvalue weighted by Gasteiger charge is 2.42. The molecule has 18 heteroatoms. The molecule has 2 unspecified atom stereocenters. The van der Waals surface area contributed by atoms with Crippen molar-refractivity contribution in [2.24, 2.45) is 9.98 Å². The Morgan fingerprint density at radius 3 is 1.32 bits per heavy atom. The molecule has 4 aliphatic rings. The molecule has 2 fully saturated rings. The van der Waals surface area contributed by atoms with Gasteiger partial charge in [0.2, 0.25) is 0 Å². The Morgan fingerprint density at radius 1 is 0.574 bits per heavy atom. The number of esters is 2. The normalized spacial score (nSPS) is 21.5. The first-order valence-corrected chi connectivity index (χ1v) is 24.7. The summed E-state index contributed by atoms with van der Waals surface area (Å²) < 4.78 is 97.0. The van der Waals surface area contributed by atoms with Crippen molar-refractivity contribution in [1.29, 1.82) is 0 Å². The van der Waals surface area contributed by atoms with Crippen LogP contribution in [0.5, 0.6) is 0 Å². The average molecular weight is 979 g/mol. The summed E-state index contributed by atoms with van der Waals surface area (Å²) >= 11 is 2.50. The van der Waals surface area contributed by atoms with Crippen molar-refractivity contribution < 1.29 is 45.4 Å². The largest absolute Gasteiger partial charge is 0.424 e. The second kappa shape index (κ2) is 21.6. The first kappa shape index (κ1) is 49.1. The molecule has 0 bridgehead atoms. The second-order valence-corrected chi connectivity index (χ2v) is 19.7. The van der Waals surface area contributed by atoms with E-state index < -0.39 is 45.5 Å². The van der Waals surface area contributed by atoms with Gasteiger partial charge < -0.3 is 29.9 Å². The number of thioether (sulfide) groups is 2. The lowest BCUT2D eigenvalue weighted by molar-refractivity contribution is -0.146. The third kappa shape index (κ3) is 12.5.